The van der Waals surface area contributed by atoms with Crippen LogP contribution in [0.15, 0.2) is 5.16 Å². The molecule has 0 aliphatic carbocycles. The molecule has 0 heterocycles. The Morgan fingerprint density at radius 2 is 2.33 bits per heavy atom. The van der Waals surface area contributed by atoms with Gasteiger partial charge in [0, 0.05) is 0 Å². The van der Waals surface area contributed by atoms with Crippen molar-refractivity contribution in [3.63, 3.8) is 0 Å². The maximum atomic E-state index is 8.21. The first kappa shape index (κ1) is 8.82. The molecule has 3 heteroatoms. The monoisotopic (exact) mass is 147 g/mol. The van der Waals surface area contributed by atoms with Crippen molar-refractivity contribution in [1.82, 2.24) is 0 Å². The number of oxime groups is 1. The van der Waals surface area contributed by atoms with Crippen LogP contribution in [0.1, 0.15) is 20.3 Å². The first-order valence-electron chi connectivity index (χ1n) is 3.06. The highest BCUT2D eigenvalue weighted by Crippen LogP contribution is 2.01. The number of hydrogen-bond donors (Lipinski definition) is 1. The van der Waals surface area contributed by atoms with Gasteiger partial charge in [-0.2, -0.15) is 11.8 Å². The average molecular weight is 147 g/mol. The van der Waals surface area contributed by atoms with Gasteiger partial charge in [-0.1, -0.05) is 12.1 Å². The van der Waals surface area contributed by atoms with Crippen molar-refractivity contribution in [1.29, 1.82) is 0 Å². The van der Waals surface area contributed by atoms with Gasteiger partial charge in [0.15, 0.2) is 0 Å². The minimum Gasteiger partial charge on any atom is -0.411 e. The van der Waals surface area contributed by atoms with Crippen molar-refractivity contribution >= 4 is 17.5 Å². The van der Waals surface area contributed by atoms with Crippen LogP contribution in [0, 0.1) is 0 Å². The average Bonchev–Trinajstić information content (AvgIpc) is 1.89. The predicted molar refractivity (Wildman–Crippen MR) is 42.5 cm³/mol. The summed E-state index contributed by atoms with van der Waals surface area (Å²) in [4.78, 5) is 0. The molecule has 0 aromatic rings. The molecule has 0 spiro atoms. The molecule has 2 nitrogen and oxygen atoms in total. The number of hydrogen-bond acceptors (Lipinski definition) is 3. The Morgan fingerprint density at radius 1 is 1.67 bits per heavy atom. The Bertz CT molecular complexity index is 93.1. The van der Waals surface area contributed by atoms with Gasteiger partial charge in [-0.3, -0.25) is 0 Å². The molecule has 0 amide bonds. The van der Waals surface area contributed by atoms with Crippen LogP contribution in [0.3, 0.4) is 0 Å². The summed E-state index contributed by atoms with van der Waals surface area (Å²) in [6, 6.07) is 0. The van der Waals surface area contributed by atoms with E-state index in [4.69, 9.17) is 5.21 Å². The topological polar surface area (TPSA) is 32.6 Å². The third kappa shape index (κ3) is 5.69. The van der Waals surface area contributed by atoms with Crippen molar-refractivity contribution in [3.05, 3.63) is 0 Å². The molecule has 0 atom stereocenters. The summed E-state index contributed by atoms with van der Waals surface area (Å²) >= 11 is 1.86. The summed E-state index contributed by atoms with van der Waals surface area (Å²) in [7, 11) is 0. The third-order valence-electron chi connectivity index (χ3n) is 0.983. The molecule has 0 rings (SSSR count). The fraction of sp³-hybridized carbons (Fsp3) is 0.833. The van der Waals surface area contributed by atoms with Gasteiger partial charge >= 0.3 is 0 Å². The summed E-state index contributed by atoms with van der Waals surface area (Å²) in [5.74, 6) is 2.20. The molecular weight excluding hydrogens is 134 g/mol. The van der Waals surface area contributed by atoms with Crippen LogP contribution < -0.4 is 0 Å². The molecule has 54 valence electrons. The first-order valence-corrected chi connectivity index (χ1v) is 4.22. The molecule has 0 aromatic carbocycles. The zero-order valence-corrected chi connectivity index (χ0v) is 6.74. The molecule has 0 saturated carbocycles. The largest absolute Gasteiger partial charge is 0.411 e. The van der Waals surface area contributed by atoms with Gasteiger partial charge in [0.1, 0.15) is 0 Å². The summed E-state index contributed by atoms with van der Waals surface area (Å²) in [6.45, 7) is 3.95. The van der Waals surface area contributed by atoms with Crippen molar-refractivity contribution in [3.8, 4) is 0 Å². The van der Waals surface area contributed by atoms with Gasteiger partial charge in [-0.05, 0) is 24.9 Å². The SMILES string of the molecule is CCSCCC(C)=NO. The molecule has 0 unspecified atom stereocenters. The zero-order chi connectivity index (χ0) is 7.11. The molecule has 0 aromatic heterocycles. The second-order valence-corrected chi connectivity index (χ2v) is 3.18. The lowest BCUT2D eigenvalue weighted by molar-refractivity contribution is 0.317. The van der Waals surface area contributed by atoms with E-state index < -0.39 is 0 Å². The maximum Gasteiger partial charge on any atom is 0.0548 e. The van der Waals surface area contributed by atoms with Crippen molar-refractivity contribution < 1.29 is 5.21 Å². The molecule has 0 aliphatic heterocycles. The van der Waals surface area contributed by atoms with Gasteiger partial charge in [0.2, 0.25) is 0 Å². The Hall–Kier alpha value is -0.180. The van der Waals surface area contributed by atoms with E-state index in [0.717, 1.165) is 23.6 Å². The number of thioether (sulfide) groups is 1. The van der Waals surface area contributed by atoms with Crippen LogP contribution in [0.4, 0.5) is 0 Å². The standard InChI is InChI=1S/C6H13NOS/c1-3-9-5-4-6(2)7-8/h8H,3-5H2,1-2H3. The van der Waals surface area contributed by atoms with Crippen LogP contribution in [0.2, 0.25) is 0 Å². The van der Waals surface area contributed by atoms with Gasteiger partial charge in [0.25, 0.3) is 0 Å². The van der Waals surface area contributed by atoms with E-state index in [2.05, 4.69) is 12.1 Å². The number of nitrogens with zero attached hydrogens (tertiary/aromatic N) is 1. The summed E-state index contributed by atoms with van der Waals surface area (Å²) in [5.41, 5.74) is 0.816. The van der Waals surface area contributed by atoms with Gasteiger partial charge in [-0.15, -0.1) is 0 Å². The van der Waals surface area contributed by atoms with Gasteiger partial charge in [-0.25, -0.2) is 0 Å². The molecule has 9 heavy (non-hydrogen) atoms. The highest BCUT2D eigenvalue weighted by Gasteiger charge is 1.89. The summed E-state index contributed by atoms with van der Waals surface area (Å²) in [6.07, 6.45) is 0.898. The van der Waals surface area contributed by atoms with E-state index in [9.17, 15) is 0 Å². The minimum atomic E-state index is 0.816. The molecular formula is C6H13NOS. The smallest absolute Gasteiger partial charge is 0.0548 e. The van der Waals surface area contributed by atoms with Gasteiger partial charge in [0.05, 0.1) is 5.71 Å². The van der Waals surface area contributed by atoms with E-state index in [1.807, 2.05) is 18.7 Å². The Morgan fingerprint density at radius 3 is 2.78 bits per heavy atom. The Balaban J connectivity index is 3.07. The maximum absolute atomic E-state index is 8.21. The van der Waals surface area contributed by atoms with E-state index in [0.29, 0.717) is 0 Å². The Kier molecular flexibility index (Phi) is 5.83. The first-order chi connectivity index (χ1) is 4.31. The second kappa shape index (κ2) is 5.95. The quantitative estimate of drug-likeness (QED) is 0.285. The molecule has 0 bridgehead atoms. The fourth-order valence-electron chi connectivity index (χ4n) is 0.414. The van der Waals surface area contributed by atoms with E-state index >= 15 is 0 Å². The van der Waals surface area contributed by atoms with E-state index in [1.165, 1.54) is 0 Å². The lowest BCUT2D eigenvalue weighted by Crippen LogP contribution is -1.92. The van der Waals surface area contributed by atoms with Crippen molar-refractivity contribution in [2.45, 2.75) is 20.3 Å². The second-order valence-electron chi connectivity index (χ2n) is 1.78. The Labute approximate surface area is 60.3 Å². The molecule has 1 N–H and O–H groups in total. The normalized spacial score (nSPS) is 12.0. The minimum absolute atomic E-state index is 0.816. The van der Waals surface area contributed by atoms with Crippen LogP contribution in [-0.2, 0) is 0 Å². The molecule has 0 aliphatic rings. The third-order valence-corrected chi connectivity index (χ3v) is 1.88. The van der Waals surface area contributed by atoms with Crippen LogP contribution in [-0.4, -0.2) is 22.4 Å². The van der Waals surface area contributed by atoms with Crippen LogP contribution >= 0.6 is 11.8 Å². The lowest BCUT2D eigenvalue weighted by Gasteiger charge is -1.94. The van der Waals surface area contributed by atoms with Crippen LogP contribution in [0.5, 0.6) is 0 Å². The van der Waals surface area contributed by atoms with Crippen molar-refractivity contribution in [2.24, 2.45) is 5.16 Å². The molecule has 0 fully saturated rings. The highest BCUT2D eigenvalue weighted by molar-refractivity contribution is 7.99. The van der Waals surface area contributed by atoms with Crippen LogP contribution in [0.25, 0.3) is 0 Å². The van der Waals surface area contributed by atoms with Gasteiger partial charge < -0.3 is 5.21 Å². The highest BCUT2D eigenvalue weighted by atomic mass is 32.2. The zero-order valence-electron chi connectivity index (χ0n) is 5.92. The number of rotatable bonds is 4. The van der Waals surface area contributed by atoms with E-state index in [-0.39, 0.29) is 0 Å². The molecule has 0 radical (unpaired) electrons. The lowest BCUT2D eigenvalue weighted by atomic mass is 10.3. The predicted octanol–water partition coefficient (Wildman–Crippen LogP) is 1.98. The summed E-state index contributed by atoms with van der Waals surface area (Å²) in [5, 5.41) is 11.3. The summed E-state index contributed by atoms with van der Waals surface area (Å²) < 4.78 is 0. The van der Waals surface area contributed by atoms with Crippen molar-refractivity contribution in [2.75, 3.05) is 11.5 Å². The fourth-order valence-corrected chi connectivity index (χ4v) is 1.14. The molecule has 0 saturated heterocycles. The van der Waals surface area contributed by atoms with E-state index in [1.54, 1.807) is 0 Å².